The Balaban J connectivity index is 1.65. The molecular formula is C28H47NO4. The molecule has 0 bridgehead atoms. The summed E-state index contributed by atoms with van der Waals surface area (Å²) in [5.41, 5.74) is -0.144. The van der Waals surface area contributed by atoms with Gasteiger partial charge in [-0.3, -0.25) is 14.4 Å². The lowest BCUT2D eigenvalue weighted by Crippen LogP contribution is -2.52. The molecule has 33 heavy (non-hydrogen) atoms. The molecule has 1 amide bonds. The standard InChI is InChI=1S/C28H47NO4/c1-6-29(7-2)25(31)10-8-9-19(3)21-12-13-22-20-11-14-24(30)28(5,18-16-26(32)33)23(20)15-17-27(21,22)4/h19-23H,6-18H2,1-5H3,(H,32,33)/t19-,20+,21-,22+,23+,27-,28-/m1/s1. The van der Waals surface area contributed by atoms with Crippen molar-refractivity contribution in [2.45, 2.75) is 105 Å². The van der Waals surface area contributed by atoms with Crippen LogP contribution in [0.15, 0.2) is 0 Å². The van der Waals surface area contributed by atoms with E-state index >= 15 is 0 Å². The zero-order valence-corrected chi connectivity index (χ0v) is 21.7. The fraction of sp³-hybridized carbons (Fsp3) is 0.893. The van der Waals surface area contributed by atoms with Crippen molar-refractivity contribution in [1.82, 2.24) is 4.90 Å². The smallest absolute Gasteiger partial charge is 0.303 e. The molecule has 0 spiro atoms. The van der Waals surface area contributed by atoms with Gasteiger partial charge in [-0.05, 0) is 100 Å². The van der Waals surface area contributed by atoms with E-state index in [1.807, 2.05) is 18.7 Å². The van der Waals surface area contributed by atoms with Gasteiger partial charge in [0.2, 0.25) is 5.91 Å². The predicted octanol–water partition coefficient (Wildman–Crippen LogP) is 5.95. The highest BCUT2D eigenvalue weighted by molar-refractivity contribution is 5.86. The number of rotatable bonds is 10. The first kappa shape index (κ1) is 26.2. The van der Waals surface area contributed by atoms with Gasteiger partial charge >= 0.3 is 5.97 Å². The summed E-state index contributed by atoms with van der Waals surface area (Å²) in [6.45, 7) is 12.7. The average molecular weight is 462 g/mol. The maximum absolute atomic E-state index is 13.0. The molecule has 0 saturated heterocycles. The van der Waals surface area contributed by atoms with E-state index in [9.17, 15) is 19.5 Å². The van der Waals surface area contributed by atoms with Gasteiger partial charge in [0, 0.05) is 37.8 Å². The van der Waals surface area contributed by atoms with Crippen LogP contribution in [0.25, 0.3) is 0 Å². The van der Waals surface area contributed by atoms with Gasteiger partial charge in [-0.25, -0.2) is 0 Å². The van der Waals surface area contributed by atoms with Crippen LogP contribution >= 0.6 is 0 Å². The number of carbonyl (C=O) groups is 3. The largest absolute Gasteiger partial charge is 0.481 e. The molecule has 5 heteroatoms. The first-order chi connectivity index (χ1) is 15.6. The van der Waals surface area contributed by atoms with Crippen molar-refractivity contribution in [1.29, 1.82) is 0 Å². The van der Waals surface area contributed by atoms with Crippen LogP contribution in [0.1, 0.15) is 105 Å². The SMILES string of the molecule is CCN(CC)C(=O)CCC[C@@H](C)[C@H]1CC[C@H]2[C@@H]3CCC(=O)[C@](C)(CCC(=O)O)[C@H]3CC[C@]12C. The van der Waals surface area contributed by atoms with E-state index in [1.54, 1.807) is 0 Å². The Bertz CT molecular complexity index is 731. The van der Waals surface area contributed by atoms with Crippen molar-refractivity contribution in [3.63, 3.8) is 0 Å². The van der Waals surface area contributed by atoms with Crippen LogP contribution in [0.4, 0.5) is 0 Å². The third-order valence-electron chi connectivity index (χ3n) is 10.4. The molecule has 0 aromatic carbocycles. The summed E-state index contributed by atoms with van der Waals surface area (Å²) >= 11 is 0. The van der Waals surface area contributed by atoms with E-state index in [1.165, 1.54) is 12.8 Å². The lowest BCUT2D eigenvalue weighted by molar-refractivity contribution is -0.148. The number of ketones is 1. The Morgan fingerprint density at radius 3 is 2.39 bits per heavy atom. The maximum atomic E-state index is 13.0. The first-order valence-electron chi connectivity index (χ1n) is 13.6. The van der Waals surface area contributed by atoms with Gasteiger partial charge in [-0.2, -0.15) is 0 Å². The summed E-state index contributed by atoms with van der Waals surface area (Å²) in [6.07, 6.45) is 9.67. The molecule has 188 valence electrons. The number of hydrogen-bond acceptors (Lipinski definition) is 3. The summed E-state index contributed by atoms with van der Waals surface area (Å²) in [6, 6.07) is 0. The number of hydrogen-bond donors (Lipinski definition) is 1. The Hall–Kier alpha value is -1.39. The lowest BCUT2D eigenvalue weighted by Gasteiger charge is -2.56. The normalized spacial score (nSPS) is 36.7. The molecule has 0 radical (unpaired) electrons. The van der Waals surface area contributed by atoms with Gasteiger partial charge in [0.25, 0.3) is 0 Å². The second-order valence-corrected chi connectivity index (χ2v) is 11.8. The Morgan fingerprint density at radius 2 is 1.76 bits per heavy atom. The topological polar surface area (TPSA) is 74.7 Å². The van der Waals surface area contributed by atoms with Crippen LogP contribution in [0.5, 0.6) is 0 Å². The fourth-order valence-corrected chi connectivity index (χ4v) is 8.45. The van der Waals surface area contributed by atoms with E-state index < -0.39 is 11.4 Å². The number of Topliss-reactive ketones (excluding diaryl/α,β-unsaturated/α-hetero) is 1. The van der Waals surface area contributed by atoms with E-state index in [4.69, 9.17) is 0 Å². The van der Waals surface area contributed by atoms with Crippen molar-refractivity contribution >= 4 is 17.7 Å². The van der Waals surface area contributed by atoms with Gasteiger partial charge in [0.15, 0.2) is 0 Å². The van der Waals surface area contributed by atoms with Gasteiger partial charge in [0.1, 0.15) is 5.78 Å². The molecular weight excluding hydrogens is 414 g/mol. The summed E-state index contributed by atoms with van der Waals surface area (Å²) in [4.78, 5) is 38.6. The van der Waals surface area contributed by atoms with Crippen molar-refractivity contribution in [2.24, 2.45) is 40.4 Å². The summed E-state index contributed by atoms with van der Waals surface area (Å²) < 4.78 is 0. The molecule has 0 aromatic rings. The summed E-state index contributed by atoms with van der Waals surface area (Å²) in [7, 11) is 0. The quantitative estimate of drug-likeness (QED) is 0.436. The number of nitrogens with zero attached hydrogens (tertiary/aromatic N) is 1. The molecule has 5 nitrogen and oxygen atoms in total. The van der Waals surface area contributed by atoms with Crippen LogP contribution in [-0.4, -0.2) is 40.8 Å². The molecule has 3 aliphatic rings. The molecule has 0 aromatic heterocycles. The second-order valence-electron chi connectivity index (χ2n) is 11.8. The van der Waals surface area contributed by atoms with E-state index in [2.05, 4.69) is 20.8 Å². The first-order valence-corrected chi connectivity index (χ1v) is 13.6. The highest BCUT2D eigenvalue weighted by atomic mass is 16.4. The van der Waals surface area contributed by atoms with Crippen molar-refractivity contribution in [2.75, 3.05) is 13.1 Å². The minimum absolute atomic E-state index is 0.0965. The van der Waals surface area contributed by atoms with Crippen molar-refractivity contribution < 1.29 is 19.5 Å². The van der Waals surface area contributed by atoms with Crippen LogP contribution in [0.2, 0.25) is 0 Å². The molecule has 3 saturated carbocycles. The average Bonchev–Trinajstić information content (AvgIpc) is 3.13. The molecule has 0 heterocycles. The van der Waals surface area contributed by atoms with Crippen LogP contribution < -0.4 is 0 Å². The second kappa shape index (κ2) is 10.5. The minimum atomic E-state index is -0.791. The zero-order valence-electron chi connectivity index (χ0n) is 21.7. The van der Waals surface area contributed by atoms with E-state index in [0.717, 1.165) is 45.2 Å². The van der Waals surface area contributed by atoms with E-state index in [0.29, 0.717) is 60.1 Å². The monoisotopic (exact) mass is 461 g/mol. The van der Waals surface area contributed by atoms with Crippen LogP contribution in [-0.2, 0) is 14.4 Å². The molecule has 1 N–H and O–H groups in total. The molecule has 3 aliphatic carbocycles. The number of carboxylic acid groups (broad SMARTS) is 1. The molecule has 3 rings (SSSR count). The minimum Gasteiger partial charge on any atom is -0.481 e. The number of carbonyl (C=O) groups excluding carboxylic acids is 2. The highest BCUT2D eigenvalue weighted by Gasteiger charge is 2.59. The summed E-state index contributed by atoms with van der Waals surface area (Å²) in [5, 5.41) is 9.26. The maximum Gasteiger partial charge on any atom is 0.303 e. The zero-order chi connectivity index (χ0) is 24.4. The van der Waals surface area contributed by atoms with Gasteiger partial charge in [-0.15, -0.1) is 0 Å². The van der Waals surface area contributed by atoms with Crippen molar-refractivity contribution in [3.8, 4) is 0 Å². The van der Waals surface area contributed by atoms with Gasteiger partial charge in [0.05, 0.1) is 0 Å². The highest BCUT2D eigenvalue weighted by Crippen LogP contribution is 2.65. The fourth-order valence-electron chi connectivity index (χ4n) is 8.45. The molecule has 0 unspecified atom stereocenters. The van der Waals surface area contributed by atoms with E-state index in [-0.39, 0.29) is 12.3 Å². The third-order valence-corrected chi connectivity index (χ3v) is 10.4. The van der Waals surface area contributed by atoms with Crippen LogP contribution in [0, 0.1) is 40.4 Å². The number of fused-ring (bicyclic) bond motifs is 3. The van der Waals surface area contributed by atoms with Crippen molar-refractivity contribution in [3.05, 3.63) is 0 Å². The van der Waals surface area contributed by atoms with Crippen LogP contribution in [0.3, 0.4) is 0 Å². The van der Waals surface area contributed by atoms with Gasteiger partial charge < -0.3 is 10.0 Å². The number of amides is 1. The Kier molecular flexibility index (Phi) is 8.32. The number of carboxylic acids is 1. The van der Waals surface area contributed by atoms with Gasteiger partial charge in [-0.1, -0.05) is 20.8 Å². The molecule has 0 aliphatic heterocycles. The Morgan fingerprint density at radius 1 is 1.06 bits per heavy atom. The number of aliphatic carboxylic acids is 1. The molecule has 7 atom stereocenters. The Labute approximate surface area is 201 Å². The summed E-state index contributed by atoms with van der Waals surface area (Å²) in [5.74, 6) is 2.66. The predicted molar refractivity (Wildman–Crippen MR) is 131 cm³/mol. The molecule has 3 fully saturated rings. The lowest BCUT2D eigenvalue weighted by atomic mass is 9.48. The third kappa shape index (κ3) is 5.03.